The predicted octanol–water partition coefficient (Wildman–Crippen LogP) is 2.16. The van der Waals surface area contributed by atoms with Crippen LogP contribution in [0.5, 0.6) is 11.5 Å². The summed E-state index contributed by atoms with van der Waals surface area (Å²) in [6, 6.07) is 4.64. The highest BCUT2D eigenvalue weighted by Gasteiger charge is 2.12. The summed E-state index contributed by atoms with van der Waals surface area (Å²) in [6.07, 6.45) is 1.81. The summed E-state index contributed by atoms with van der Waals surface area (Å²) in [6.45, 7) is 5.08. The number of aromatic hydroxyl groups is 2. The van der Waals surface area contributed by atoms with Gasteiger partial charge in [-0.25, -0.2) is 0 Å². The molecular weight excluding hydrogens is 230 g/mol. The smallest absolute Gasteiger partial charge is 0.124 e. The van der Waals surface area contributed by atoms with E-state index in [1.54, 1.807) is 12.1 Å². The second-order valence-electron chi connectivity index (χ2n) is 4.66. The summed E-state index contributed by atoms with van der Waals surface area (Å²) in [7, 11) is 0. The average Bonchev–Trinajstić information content (AvgIpc) is 2.34. The molecule has 18 heavy (non-hydrogen) atoms. The molecule has 102 valence electrons. The maximum absolute atomic E-state index is 9.75. The SMILES string of the molecule is CCC(CCO)CNC(C)c1ccc(O)cc1O. The van der Waals surface area contributed by atoms with Gasteiger partial charge in [0.25, 0.3) is 0 Å². The minimum Gasteiger partial charge on any atom is -0.508 e. The van der Waals surface area contributed by atoms with Crippen LogP contribution < -0.4 is 5.32 Å². The average molecular weight is 253 g/mol. The van der Waals surface area contributed by atoms with E-state index in [0.717, 1.165) is 24.9 Å². The lowest BCUT2D eigenvalue weighted by Crippen LogP contribution is -2.26. The zero-order valence-electron chi connectivity index (χ0n) is 11.1. The van der Waals surface area contributed by atoms with Crippen molar-refractivity contribution in [3.05, 3.63) is 23.8 Å². The van der Waals surface area contributed by atoms with Gasteiger partial charge >= 0.3 is 0 Å². The van der Waals surface area contributed by atoms with Crippen molar-refractivity contribution in [1.82, 2.24) is 5.32 Å². The molecule has 1 aromatic carbocycles. The Hall–Kier alpha value is -1.26. The Labute approximate surface area is 108 Å². The van der Waals surface area contributed by atoms with Crippen molar-refractivity contribution in [3.8, 4) is 11.5 Å². The van der Waals surface area contributed by atoms with Gasteiger partial charge in [-0.1, -0.05) is 19.4 Å². The van der Waals surface area contributed by atoms with Gasteiger partial charge in [0, 0.05) is 24.3 Å². The molecule has 2 atom stereocenters. The summed E-state index contributed by atoms with van der Waals surface area (Å²) in [5, 5.41) is 31.3. The van der Waals surface area contributed by atoms with Gasteiger partial charge in [-0.15, -0.1) is 0 Å². The van der Waals surface area contributed by atoms with Crippen LogP contribution in [-0.4, -0.2) is 28.5 Å². The van der Waals surface area contributed by atoms with Crippen LogP contribution in [0.25, 0.3) is 0 Å². The zero-order chi connectivity index (χ0) is 13.5. The molecule has 0 bridgehead atoms. The quantitative estimate of drug-likeness (QED) is 0.601. The summed E-state index contributed by atoms with van der Waals surface area (Å²) in [4.78, 5) is 0. The highest BCUT2D eigenvalue weighted by atomic mass is 16.3. The molecule has 0 aromatic heterocycles. The van der Waals surface area contributed by atoms with Crippen LogP contribution in [0, 0.1) is 5.92 Å². The molecule has 0 fully saturated rings. The number of aliphatic hydroxyl groups excluding tert-OH is 1. The lowest BCUT2D eigenvalue weighted by molar-refractivity contribution is 0.249. The molecule has 1 aromatic rings. The number of hydrogen-bond acceptors (Lipinski definition) is 4. The summed E-state index contributed by atoms with van der Waals surface area (Å²) in [5.41, 5.74) is 0.770. The first-order valence-electron chi connectivity index (χ1n) is 6.44. The molecule has 0 radical (unpaired) electrons. The van der Waals surface area contributed by atoms with Crippen LogP contribution in [0.15, 0.2) is 18.2 Å². The third-order valence-electron chi connectivity index (χ3n) is 3.31. The molecule has 2 unspecified atom stereocenters. The Bertz CT molecular complexity index is 368. The second-order valence-corrected chi connectivity index (χ2v) is 4.66. The van der Waals surface area contributed by atoms with Gasteiger partial charge in [0.1, 0.15) is 11.5 Å². The number of aliphatic hydroxyl groups is 1. The van der Waals surface area contributed by atoms with Gasteiger partial charge in [0.2, 0.25) is 0 Å². The summed E-state index contributed by atoms with van der Waals surface area (Å²) in [5.74, 6) is 0.608. The Morgan fingerprint density at radius 3 is 2.56 bits per heavy atom. The van der Waals surface area contributed by atoms with E-state index >= 15 is 0 Å². The summed E-state index contributed by atoms with van der Waals surface area (Å²) >= 11 is 0. The van der Waals surface area contributed by atoms with E-state index in [2.05, 4.69) is 12.2 Å². The van der Waals surface area contributed by atoms with Crippen LogP contribution in [-0.2, 0) is 0 Å². The van der Waals surface area contributed by atoms with Crippen molar-refractivity contribution in [2.75, 3.05) is 13.2 Å². The number of phenolic OH excluding ortho intramolecular Hbond substituents is 2. The molecule has 0 heterocycles. The third-order valence-corrected chi connectivity index (χ3v) is 3.31. The van der Waals surface area contributed by atoms with Crippen molar-refractivity contribution in [1.29, 1.82) is 0 Å². The molecule has 0 aliphatic carbocycles. The van der Waals surface area contributed by atoms with Crippen LogP contribution in [0.3, 0.4) is 0 Å². The summed E-state index contributed by atoms with van der Waals surface area (Å²) < 4.78 is 0. The Morgan fingerprint density at radius 1 is 1.28 bits per heavy atom. The van der Waals surface area contributed by atoms with E-state index in [0.29, 0.717) is 5.92 Å². The van der Waals surface area contributed by atoms with E-state index in [9.17, 15) is 10.2 Å². The molecule has 0 aliphatic rings. The lowest BCUT2D eigenvalue weighted by Gasteiger charge is -2.20. The molecule has 0 saturated carbocycles. The van der Waals surface area contributed by atoms with Gasteiger partial charge in [-0.05, 0) is 31.9 Å². The molecule has 0 spiro atoms. The topological polar surface area (TPSA) is 72.7 Å². The minimum atomic E-state index is 0.0124. The fourth-order valence-corrected chi connectivity index (χ4v) is 1.98. The highest BCUT2D eigenvalue weighted by molar-refractivity contribution is 5.40. The number of nitrogens with one attached hydrogen (secondary N) is 1. The molecule has 4 nitrogen and oxygen atoms in total. The second kappa shape index (κ2) is 7.24. The Balaban J connectivity index is 2.56. The maximum atomic E-state index is 9.75. The van der Waals surface area contributed by atoms with Crippen LogP contribution in [0.4, 0.5) is 0 Å². The van der Waals surface area contributed by atoms with E-state index in [4.69, 9.17) is 5.11 Å². The fraction of sp³-hybridized carbons (Fsp3) is 0.571. The molecule has 1 rings (SSSR count). The van der Waals surface area contributed by atoms with E-state index < -0.39 is 0 Å². The van der Waals surface area contributed by atoms with Crippen LogP contribution >= 0.6 is 0 Å². The normalized spacial score (nSPS) is 14.4. The van der Waals surface area contributed by atoms with Crippen molar-refractivity contribution in [3.63, 3.8) is 0 Å². The zero-order valence-corrected chi connectivity index (χ0v) is 11.1. The third kappa shape index (κ3) is 4.20. The number of phenols is 2. The molecular formula is C14H23NO3. The lowest BCUT2D eigenvalue weighted by atomic mass is 10.0. The number of rotatable bonds is 7. The molecule has 0 saturated heterocycles. The molecule has 4 N–H and O–H groups in total. The Kier molecular flexibility index (Phi) is 5.95. The first-order chi connectivity index (χ1) is 8.58. The monoisotopic (exact) mass is 253 g/mol. The molecule has 4 heteroatoms. The van der Waals surface area contributed by atoms with Gasteiger partial charge in [-0.2, -0.15) is 0 Å². The number of hydrogen-bond donors (Lipinski definition) is 4. The van der Waals surface area contributed by atoms with Crippen LogP contribution in [0.2, 0.25) is 0 Å². The van der Waals surface area contributed by atoms with Gasteiger partial charge in [0.05, 0.1) is 0 Å². The molecule has 0 aliphatic heterocycles. The van der Waals surface area contributed by atoms with Gasteiger partial charge in [0.15, 0.2) is 0 Å². The van der Waals surface area contributed by atoms with E-state index in [1.807, 2.05) is 6.92 Å². The van der Waals surface area contributed by atoms with Crippen molar-refractivity contribution in [2.45, 2.75) is 32.7 Å². The fourth-order valence-electron chi connectivity index (χ4n) is 1.98. The van der Waals surface area contributed by atoms with Crippen molar-refractivity contribution < 1.29 is 15.3 Å². The minimum absolute atomic E-state index is 0.0124. The van der Waals surface area contributed by atoms with Crippen LogP contribution in [0.1, 0.15) is 38.3 Å². The number of benzene rings is 1. The Morgan fingerprint density at radius 2 is 2.00 bits per heavy atom. The maximum Gasteiger partial charge on any atom is 0.124 e. The first-order valence-corrected chi connectivity index (χ1v) is 6.44. The standard InChI is InChI=1S/C14H23NO3/c1-3-11(6-7-16)9-15-10(2)13-5-4-12(17)8-14(13)18/h4-5,8,10-11,15-18H,3,6-7,9H2,1-2H3. The molecule has 0 amide bonds. The highest BCUT2D eigenvalue weighted by Crippen LogP contribution is 2.27. The van der Waals surface area contributed by atoms with Gasteiger partial charge < -0.3 is 20.6 Å². The van der Waals surface area contributed by atoms with Gasteiger partial charge in [-0.3, -0.25) is 0 Å². The van der Waals surface area contributed by atoms with E-state index in [1.165, 1.54) is 6.07 Å². The van der Waals surface area contributed by atoms with Crippen molar-refractivity contribution in [2.24, 2.45) is 5.92 Å². The predicted molar refractivity (Wildman–Crippen MR) is 71.7 cm³/mol. The largest absolute Gasteiger partial charge is 0.508 e. The van der Waals surface area contributed by atoms with Crippen molar-refractivity contribution >= 4 is 0 Å². The van der Waals surface area contributed by atoms with E-state index in [-0.39, 0.29) is 24.1 Å². The first kappa shape index (κ1) is 14.8.